The van der Waals surface area contributed by atoms with Crippen LogP contribution in [0.3, 0.4) is 0 Å². The van der Waals surface area contributed by atoms with Gasteiger partial charge in [0.05, 0.1) is 52.7 Å². The number of hydrogen-bond donors (Lipinski definition) is 2. The first-order valence-electron chi connectivity index (χ1n) is 31.7. The van der Waals surface area contributed by atoms with Crippen LogP contribution in [0.1, 0.15) is 135 Å². The van der Waals surface area contributed by atoms with E-state index in [1.54, 1.807) is 14.2 Å². The molecule has 3 rings (SSSR count). The highest BCUT2D eigenvalue weighted by molar-refractivity contribution is 9.13. The van der Waals surface area contributed by atoms with Gasteiger partial charge in [-0.05, 0) is 82.8 Å². The fourth-order valence-corrected chi connectivity index (χ4v) is 18.9. The molecule has 0 bridgehead atoms. The third kappa shape index (κ3) is 104. The summed E-state index contributed by atoms with van der Waals surface area (Å²) in [5.41, 5.74) is 6.69. The zero-order chi connectivity index (χ0) is 79.1. The van der Waals surface area contributed by atoms with Gasteiger partial charge < -0.3 is 29.8 Å². The van der Waals surface area contributed by atoms with Gasteiger partial charge in [0.1, 0.15) is 15.3 Å². The maximum atomic E-state index is 11.3. The molecule has 1 aromatic rings. The number of primary amides is 1. The number of ether oxygens (including phenoxy) is 4. The van der Waals surface area contributed by atoms with E-state index in [1.165, 1.54) is 111 Å². The number of sulfone groups is 1. The molecule has 1 saturated heterocycles. The average Bonchev–Trinajstić information content (AvgIpc) is 1.71. The number of alkyl halides is 24. The van der Waals surface area contributed by atoms with Crippen LogP contribution in [0.4, 0.5) is 0 Å². The van der Waals surface area contributed by atoms with E-state index in [0.29, 0.717) is 27.8 Å². The summed E-state index contributed by atoms with van der Waals surface area (Å²) < 4.78 is 41.9. The van der Waals surface area contributed by atoms with Crippen LogP contribution in [-0.4, -0.2) is 197 Å². The van der Waals surface area contributed by atoms with E-state index in [4.69, 9.17) is 76.2 Å². The number of aliphatic hydroxyl groups is 1. The quantitative estimate of drug-likeness (QED) is 0.0218. The molecule has 1 fully saturated rings. The monoisotopic (exact) mass is 2800 g/mol. The lowest BCUT2D eigenvalue weighted by molar-refractivity contribution is -0.169. The van der Waals surface area contributed by atoms with Crippen molar-refractivity contribution in [3.05, 3.63) is 59.7 Å². The SMILES string of the molecule is BrC/C=C/CBr.BrCCCCCCCBr.BrCCCCCCCCCBr.BrCCOCCBr.CC(C)(C)OC(=O)C(Br)CCBr.CC(CCBr)CCBr.COC(CBr)(CBr)OC.ClCc1cccc(CCl)c1.Cl[C@@H]1C=C[C@@H]1Cl.NC(=O)C(Br)CBr.O=S1(=O)CC(Br)C(Br)C1.OCC(Br)CBr. The van der Waals surface area contributed by atoms with Gasteiger partial charge in [-0.2, -0.15) is 0 Å². The Balaban J connectivity index is -0.000000130. The predicted octanol–water partition coefficient (Wildman–Crippen LogP) is 27.8. The number of carbonyl (C=O) groups excluding carboxylic acids is 2. The lowest BCUT2D eigenvalue weighted by atomic mass is 10.1. The summed E-state index contributed by atoms with van der Waals surface area (Å²) in [4.78, 5) is 21.3. The summed E-state index contributed by atoms with van der Waals surface area (Å²) in [7, 11) is 0.496. The van der Waals surface area contributed by atoms with Crippen molar-refractivity contribution in [2.24, 2.45) is 11.7 Å². The molecule has 0 saturated carbocycles. The number of allylic oxidation sites excluding steroid dienone is 4. The van der Waals surface area contributed by atoms with Gasteiger partial charge in [0, 0.05) is 110 Å². The molecule has 2 aliphatic rings. The number of hydrogen-bond acceptors (Lipinski definition) is 9. The molecule has 0 radical (unpaired) electrons. The second kappa shape index (κ2) is 97.8. The first-order chi connectivity index (χ1) is 47.2. The lowest BCUT2D eigenvalue weighted by Crippen LogP contribution is -2.37. The van der Waals surface area contributed by atoms with Crippen molar-refractivity contribution in [1.82, 2.24) is 0 Å². The molecule has 35 heteroatoms. The van der Waals surface area contributed by atoms with Gasteiger partial charge in [0.2, 0.25) is 5.91 Å². The minimum absolute atomic E-state index is 0.0895. The zero-order valence-electron chi connectivity index (χ0n) is 58.2. The predicted molar refractivity (Wildman–Crippen MR) is 520 cm³/mol. The Hall–Kier alpha value is 8.19. The summed E-state index contributed by atoms with van der Waals surface area (Å²) in [6.07, 6.45) is 27.8. The van der Waals surface area contributed by atoms with E-state index in [9.17, 15) is 18.0 Å². The number of rotatable bonds is 37. The maximum Gasteiger partial charge on any atom is 0.320 e. The number of esters is 1. The lowest BCUT2D eigenvalue weighted by Gasteiger charge is -2.25. The Morgan fingerprint density at radius 1 is 0.580 bits per heavy atom. The van der Waals surface area contributed by atoms with Gasteiger partial charge >= 0.3 is 5.97 Å². The van der Waals surface area contributed by atoms with Crippen molar-refractivity contribution in [3.63, 3.8) is 0 Å². The second-order valence-electron chi connectivity index (χ2n) is 21.3. The van der Waals surface area contributed by atoms with Crippen LogP contribution in [0.15, 0.2) is 48.6 Å². The largest absolute Gasteiger partial charge is 0.459 e. The molecule has 5 unspecified atom stereocenters. The number of halogens is 24. The molecule has 1 amide bonds. The van der Waals surface area contributed by atoms with Crippen LogP contribution in [0.25, 0.3) is 0 Å². The van der Waals surface area contributed by atoms with Crippen molar-refractivity contribution < 1.29 is 42.1 Å². The summed E-state index contributed by atoms with van der Waals surface area (Å²) in [5, 5.41) is 22.7. The Bertz CT molecular complexity index is 1900. The molecule has 100 heavy (non-hydrogen) atoms. The topological polar surface area (TPSA) is 151 Å². The minimum Gasteiger partial charge on any atom is -0.459 e. The van der Waals surface area contributed by atoms with Crippen LogP contribution in [0.5, 0.6) is 0 Å². The standard InChI is InChI=1S/C9H18Br2.C8H14Br2O2.C8H8Cl2.C7H14Br2.C6H12Br2.C5H10Br2O2.C4H6Br2O2S.C4H8Br2O.C4H6Br2.C4H4Cl2.C3H5Br2NO.C3H6Br2O/c10-8-6-4-2-1-3-5-7-9-11;1-8(2,3)12-7(11)6(10)4-5-9;9-5-7-2-1-3-8(4-7)6-10;8-6-4-2-1-3-5-7-9;1-6(2-4-7)3-5-8;1-8-5(3-6,4-7)9-2;5-3-1-9(7,8)2-4(3)6;5-1-3-7-4-2-6;5-3-1-2-4-6;5-3-1-2-4(3)6;4-1-2(5)3(6)7;4-1-3(5)2-6/h1-9H2;6H,4-5H2,1-3H3;1-4H,5-6H2;1-7H2;6H,2-5H2,1H3;3-4H2,1-2H3;3-4H,1-2H2;1-4H2;1-2H,3-4H2;1-4H;2H,1H2,(H2,6,7);3,6H,1-2H2/b;;;;;;;;2-1+;;;/t;;;;;;;;;3-,4+;;. The maximum absolute atomic E-state index is 11.3. The van der Waals surface area contributed by atoms with Crippen LogP contribution in [-0.2, 0) is 50.1 Å². The summed E-state index contributed by atoms with van der Waals surface area (Å²) in [6.45, 7) is 9.68. The highest BCUT2D eigenvalue weighted by Gasteiger charge is 2.34. The summed E-state index contributed by atoms with van der Waals surface area (Å²) in [5.74, 6) is 1.49. The van der Waals surface area contributed by atoms with E-state index >= 15 is 0 Å². The van der Waals surface area contributed by atoms with Gasteiger partial charge in [0.25, 0.3) is 0 Å². The summed E-state index contributed by atoms with van der Waals surface area (Å²) >= 11 is 87.7. The van der Waals surface area contributed by atoms with Crippen LogP contribution in [0.2, 0.25) is 0 Å². The van der Waals surface area contributed by atoms with Gasteiger partial charge in [-0.15, -0.1) is 46.4 Å². The smallest absolute Gasteiger partial charge is 0.320 e. The number of methoxy groups -OCH3 is 2. The second-order valence-corrected chi connectivity index (χ2v) is 41.7. The molecule has 1 aliphatic heterocycles. The number of aliphatic hydroxyl groups excluding tert-OH is 1. The highest BCUT2D eigenvalue weighted by Crippen LogP contribution is 2.26. The Morgan fingerprint density at radius 2 is 0.930 bits per heavy atom. The fraction of sp³-hybridized carbons (Fsp3) is 0.815. The number of benzene rings is 1. The molecule has 7 atom stereocenters. The van der Waals surface area contributed by atoms with E-state index in [0.717, 1.165) is 79.3 Å². The van der Waals surface area contributed by atoms with Gasteiger partial charge in [-0.25, -0.2) is 8.42 Å². The van der Waals surface area contributed by atoms with Crippen LogP contribution < -0.4 is 5.73 Å². The average molecular weight is 2820 g/mol. The molecule has 1 aliphatic carbocycles. The number of amides is 1. The molecular formula is C65H111Br20Cl4NO9S. The molecule has 1 aromatic carbocycles. The number of nitrogens with two attached hydrogens (primary N) is 1. The fourth-order valence-electron chi connectivity index (χ4n) is 5.52. The van der Waals surface area contributed by atoms with E-state index in [2.05, 4.69) is 338 Å². The van der Waals surface area contributed by atoms with Crippen LogP contribution in [0, 0.1) is 5.92 Å². The molecule has 0 spiro atoms. The van der Waals surface area contributed by atoms with Crippen LogP contribution >= 0.6 is 365 Å². The van der Waals surface area contributed by atoms with Gasteiger partial charge in [0.15, 0.2) is 15.6 Å². The zero-order valence-corrected chi connectivity index (χ0v) is 93.7. The molecule has 3 N–H and O–H groups in total. The first kappa shape index (κ1) is 126. The molecule has 10 nitrogen and oxygen atoms in total. The van der Waals surface area contributed by atoms with Crippen molar-refractivity contribution in [3.8, 4) is 0 Å². The van der Waals surface area contributed by atoms with Crippen molar-refractivity contribution in [2.75, 3.05) is 125 Å². The molecule has 604 valence electrons. The molecule has 1 heterocycles. The first-order valence-corrected chi connectivity index (χ1v) is 56.8. The van der Waals surface area contributed by atoms with Gasteiger partial charge in [-0.3, -0.25) is 9.59 Å². The normalized spacial score (nSPS) is 16.0. The van der Waals surface area contributed by atoms with Gasteiger partial charge in [-0.1, -0.05) is 425 Å². The molecule has 0 aromatic heterocycles. The minimum atomic E-state index is -2.74. The number of carbonyl (C=O) groups is 2. The summed E-state index contributed by atoms with van der Waals surface area (Å²) in [6, 6.07) is 7.96. The molecular weight excluding hydrogens is 2710 g/mol. The Kier molecular flexibility index (Phi) is 124. The van der Waals surface area contributed by atoms with Crippen molar-refractivity contribution >= 4 is 387 Å². The third-order valence-corrected chi connectivity index (χ3v) is 30.2. The Morgan fingerprint density at radius 3 is 1.10 bits per heavy atom. The Labute approximate surface area is 795 Å². The third-order valence-electron chi connectivity index (χ3n) is 11.3. The van der Waals surface area contributed by atoms with Crippen molar-refractivity contribution in [1.29, 1.82) is 0 Å². The van der Waals surface area contributed by atoms with E-state index < -0.39 is 21.2 Å². The highest BCUT2D eigenvalue weighted by atomic mass is 79.9. The number of unbranched alkanes of at least 4 members (excludes halogenated alkanes) is 10. The van der Waals surface area contributed by atoms with E-state index in [1.807, 2.05) is 57.2 Å². The van der Waals surface area contributed by atoms with Crippen molar-refractivity contribution in [2.45, 2.75) is 182 Å². The van der Waals surface area contributed by atoms with E-state index in [-0.39, 0.29) is 64.9 Å².